The molecular formula is C18H32O3. The smallest absolute Gasteiger partial charge is 0.309 e. The number of unbranched alkanes of at least 4 members (excludes halogenated alkanes) is 1. The number of esters is 1. The van der Waals surface area contributed by atoms with Crippen LogP contribution in [0.15, 0.2) is 0 Å². The molecule has 122 valence electrons. The quantitative estimate of drug-likeness (QED) is 0.678. The maximum atomic E-state index is 12.3. The highest BCUT2D eigenvalue weighted by molar-refractivity contribution is 5.72. The summed E-state index contributed by atoms with van der Waals surface area (Å²) in [6.45, 7) is 2.25. The molecule has 3 nitrogen and oxygen atoms in total. The van der Waals surface area contributed by atoms with Crippen molar-refractivity contribution in [3.05, 3.63) is 0 Å². The van der Waals surface area contributed by atoms with E-state index in [1.807, 2.05) is 0 Å². The minimum atomic E-state index is 0.0739. The van der Waals surface area contributed by atoms with Crippen LogP contribution in [0.3, 0.4) is 0 Å². The van der Waals surface area contributed by atoms with Gasteiger partial charge >= 0.3 is 5.97 Å². The lowest BCUT2D eigenvalue weighted by Crippen LogP contribution is -2.31. The van der Waals surface area contributed by atoms with E-state index in [4.69, 9.17) is 9.47 Å². The molecule has 21 heavy (non-hydrogen) atoms. The molecular weight excluding hydrogens is 264 g/mol. The second-order valence-corrected chi connectivity index (χ2v) is 6.93. The van der Waals surface area contributed by atoms with E-state index in [0.717, 1.165) is 44.4 Å². The molecule has 2 saturated carbocycles. The highest BCUT2D eigenvalue weighted by Gasteiger charge is 2.30. The summed E-state index contributed by atoms with van der Waals surface area (Å²) in [6, 6.07) is 0. The largest absolute Gasteiger partial charge is 0.462 e. The van der Waals surface area contributed by atoms with Gasteiger partial charge in [0.05, 0.1) is 12.0 Å². The van der Waals surface area contributed by atoms with Crippen LogP contribution in [0, 0.1) is 11.8 Å². The van der Waals surface area contributed by atoms with Crippen molar-refractivity contribution in [2.45, 2.75) is 89.8 Å². The Labute approximate surface area is 129 Å². The minimum Gasteiger partial charge on any atom is -0.462 e. The first-order valence-corrected chi connectivity index (χ1v) is 8.96. The van der Waals surface area contributed by atoms with Crippen LogP contribution in [0.1, 0.15) is 77.6 Å². The molecule has 0 aromatic carbocycles. The van der Waals surface area contributed by atoms with E-state index in [2.05, 4.69) is 6.92 Å². The molecule has 0 N–H and O–H groups in total. The fourth-order valence-corrected chi connectivity index (χ4v) is 3.83. The summed E-state index contributed by atoms with van der Waals surface area (Å²) in [5.41, 5.74) is 0. The molecule has 3 heteroatoms. The Morgan fingerprint density at radius 3 is 2.14 bits per heavy atom. The van der Waals surface area contributed by atoms with Crippen LogP contribution in [-0.4, -0.2) is 25.3 Å². The summed E-state index contributed by atoms with van der Waals surface area (Å²) in [6.07, 6.45) is 13.0. The van der Waals surface area contributed by atoms with E-state index in [9.17, 15) is 4.79 Å². The lowest BCUT2D eigenvalue weighted by Gasteiger charge is -2.31. The van der Waals surface area contributed by atoms with Crippen molar-refractivity contribution in [1.82, 2.24) is 0 Å². The zero-order chi connectivity index (χ0) is 15.1. The van der Waals surface area contributed by atoms with Crippen molar-refractivity contribution in [3.63, 3.8) is 0 Å². The molecule has 0 heterocycles. The van der Waals surface area contributed by atoms with Gasteiger partial charge in [0.15, 0.2) is 0 Å². The number of carbonyl (C=O) groups excluding carboxylic acids is 1. The van der Waals surface area contributed by atoms with Gasteiger partial charge in [-0.3, -0.25) is 4.79 Å². The SMILES string of the molecule is CCCCC1CCC(C(=O)OC2CCC(OC)CC2)CC1. The van der Waals surface area contributed by atoms with Crippen LogP contribution in [0.2, 0.25) is 0 Å². The maximum absolute atomic E-state index is 12.3. The van der Waals surface area contributed by atoms with Crippen molar-refractivity contribution in [3.8, 4) is 0 Å². The van der Waals surface area contributed by atoms with Gasteiger partial charge in [0.25, 0.3) is 0 Å². The standard InChI is InChI=1S/C18H32O3/c1-3-4-5-14-6-8-15(9-7-14)18(19)21-17-12-10-16(20-2)11-13-17/h14-17H,3-13H2,1-2H3. The van der Waals surface area contributed by atoms with E-state index >= 15 is 0 Å². The fraction of sp³-hybridized carbons (Fsp3) is 0.944. The molecule has 0 atom stereocenters. The molecule has 0 bridgehead atoms. The third-order valence-corrected chi connectivity index (χ3v) is 5.38. The lowest BCUT2D eigenvalue weighted by molar-refractivity contribution is -0.158. The Morgan fingerprint density at radius 2 is 1.57 bits per heavy atom. The van der Waals surface area contributed by atoms with Crippen LogP contribution in [-0.2, 0) is 14.3 Å². The predicted molar refractivity (Wildman–Crippen MR) is 84.1 cm³/mol. The molecule has 0 aromatic heterocycles. The fourth-order valence-electron chi connectivity index (χ4n) is 3.83. The van der Waals surface area contributed by atoms with Crippen molar-refractivity contribution in [2.24, 2.45) is 11.8 Å². The molecule has 2 aliphatic carbocycles. The average Bonchev–Trinajstić information content (AvgIpc) is 2.54. The number of hydrogen-bond donors (Lipinski definition) is 0. The van der Waals surface area contributed by atoms with Gasteiger partial charge in [0, 0.05) is 7.11 Å². The molecule has 0 saturated heterocycles. The van der Waals surface area contributed by atoms with Gasteiger partial charge in [-0.05, 0) is 57.3 Å². The Kier molecular flexibility index (Phi) is 7.01. The zero-order valence-corrected chi connectivity index (χ0v) is 13.8. The molecule has 0 radical (unpaired) electrons. The number of ether oxygens (including phenoxy) is 2. The van der Waals surface area contributed by atoms with Gasteiger partial charge in [-0.2, -0.15) is 0 Å². The topological polar surface area (TPSA) is 35.5 Å². The lowest BCUT2D eigenvalue weighted by atomic mass is 9.80. The van der Waals surface area contributed by atoms with Crippen LogP contribution in [0.25, 0.3) is 0 Å². The molecule has 0 unspecified atom stereocenters. The third-order valence-electron chi connectivity index (χ3n) is 5.38. The van der Waals surface area contributed by atoms with Gasteiger partial charge in [0.2, 0.25) is 0 Å². The number of rotatable bonds is 6. The summed E-state index contributed by atoms with van der Waals surface area (Å²) in [7, 11) is 1.77. The highest BCUT2D eigenvalue weighted by Crippen LogP contribution is 2.33. The summed E-state index contributed by atoms with van der Waals surface area (Å²) in [5.74, 6) is 1.10. The molecule has 2 rings (SSSR count). The van der Waals surface area contributed by atoms with Gasteiger partial charge in [-0.15, -0.1) is 0 Å². The van der Waals surface area contributed by atoms with E-state index in [-0.39, 0.29) is 18.0 Å². The minimum absolute atomic E-state index is 0.0739. The Balaban J connectivity index is 1.66. The van der Waals surface area contributed by atoms with E-state index in [0.29, 0.717) is 6.10 Å². The average molecular weight is 296 g/mol. The van der Waals surface area contributed by atoms with Crippen LogP contribution < -0.4 is 0 Å². The molecule has 0 aromatic rings. The Hall–Kier alpha value is -0.570. The van der Waals surface area contributed by atoms with E-state index in [1.165, 1.54) is 32.1 Å². The molecule has 0 spiro atoms. The summed E-state index contributed by atoms with van der Waals surface area (Å²) < 4.78 is 11.1. The predicted octanol–water partition coefficient (Wildman–Crippen LogP) is 4.48. The third kappa shape index (κ3) is 5.28. The van der Waals surface area contributed by atoms with Crippen LogP contribution in [0.5, 0.6) is 0 Å². The number of methoxy groups -OCH3 is 1. The first-order valence-electron chi connectivity index (χ1n) is 8.96. The molecule has 2 aliphatic rings. The van der Waals surface area contributed by atoms with Gasteiger partial charge in [0.1, 0.15) is 6.10 Å². The normalized spacial score (nSPS) is 33.6. The Morgan fingerprint density at radius 1 is 0.952 bits per heavy atom. The van der Waals surface area contributed by atoms with Gasteiger partial charge in [-0.1, -0.05) is 26.2 Å². The maximum Gasteiger partial charge on any atom is 0.309 e. The second-order valence-electron chi connectivity index (χ2n) is 6.93. The molecule has 0 amide bonds. The van der Waals surface area contributed by atoms with E-state index in [1.54, 1.807) is 7.11 Å². The van der Waals surface area contributed by atoms with Crippen molar-refractivity contribution < 1.29 is 14.3 Å². The zero-order valence-electron chi connectivity index (χ0n) is 13.8. The number of carbonyl (C=O) groups is 1. The summed E-state index contributed by atoms with van der Waals surface area (Å²) >= 11 is 0. The van der Waals surface area contributed by atoms with Crippen LogP contribution >= 0.6 is 0 Å². The summed E-state index contributed by atoms with van der Waals surface area (Å²) in [5, 5.41) is 0. The summed E-state index contributed by atoms with van der Waals surface area (Å²) in [4.78, 5) is 12.3. The van der Waals surface area contributed by atoms with Crippen LogP contribution in [0.4, 0.5) is 0 Å². The van der Waals surface area contributed by atoms with E-state index < -0.39 is 0 Å². The molecule has 0 aliphatic heterocycles. The number of hydrogen-bond acceptors (Lipinski definition) is 3. The van der Waals surface area contributed by atoms with Crippen molar-refractivity contribution in [2.75, 3.05) is 7.11 Å². The second kappa shape index (κ2) is 8.77. The molecule has 2 fully saturated rings. The van der Waals surface area contributed by atoms with Gasteiger partial charge in [-0.25, -0.2) is 0 Å². The van der Waals surface area contributed by atoms with Crippen molar-refractivity contribution in [1.29, 1.82) is 0 Å². The van der Waals surface area contributed by atoms with Gasteiger partial charge < -0.3 is 9.47 Å². The first kappa shape index (κ1) is 16.8. The highest BCUT2D eigenvalue weighted by atomic mass is 16.5. The monoisotopic (exact) mass is 296 g/mol. The first-order chi connectivity index (χ1) is 10.2. The Bertz CT molecular complexity index is 300. The van der Waals surface area contributed by atoms with Crippen molar-refractivity contribution >= 4 is 5.97 Å².